The second kappa shape index (κ2) is 6.47. The highest BCUT2D eigenvalue weighted by atomic mass is 16.5. The molecule has 1 aromatic heterocycles. The highest BCUT2D eigenvalue weighted by Gasteiger charge is 2.34. The fourth-order valence-electron chi connectivity index (χ4n) is 2.83. The summed E-state index contributed by atoms with van der Waals surface area (Å²) < 4.78 is 5.62. The minimum Gasteiger partial charge on any atom is -0.475 e. The summed E-state index contributed by atoms with van der Waals surface area (Å²) in [5.41, 5.74) is 5.75. The van der Waals surface area contributed by atoms with Crippen molar-refractivity contribution in [2.24, 2.45) is 5.41 Å². The Kier molecular flexibility index (Phi) is 4.88. The summed E-state index contributed by atoms with van der Waals surface area (Å²) in [7, 11) is 0. The van der Waals surface area contributed by atoms with Gasteiger partial charge in [0.1, 0.15) is 5.82 Å². The molecule has 0 aliphatic carbocycles. The standard InChI is InChI=1S/C15H26N4O2/c1-4-15(10-20)6-5-7-19(9-15)12-8-13(21-11(2)3)18-14(16)17-12/h8,11,20H,4-7,9-10H2,1-3H3,(H2,16,17,18)/t15-/m0/s1. The molecule has 3 N–H and O–H groups in total. The second-order valence-corrected chi connectivity index (χ2v) is 6.13. The Bertz CT molecular complexity index is 475. The van der Waals surface area contributed by atoms with Gasteiger partial charge in [-0.05, 0) is 33.1 Å². The van der Waals surface area contributed by atoms with E-state index in [4.69, 9.17) is 10.5 Å². The van der Waals surface area contributed by atoms with Crippen LogP contribution >= 0.6 is 0 Å². The molecule has 0 saturated carbocycles. The monoisotopic (exact) mass is 294 g/mol. The first kappa shape index (κ1) is 15.8. The first-order valence-corrected chi connectivity index (χ1v) is 7.65. The molecule has 0 amide bonds. The lowest BCUT2D eigenvalue weighted by Crippen LogP contribution is -2.45. The van der Waals surface area contributed by atoms with Crippen LogP contribution in [0.15, 0.2) is 6.07 Å². The second-order valence-electron chi connectivity index (χ2n) is 6.13. The Morgan fingerprint density at radius 3 is 2.86 bits per heavy atom. The van der Waals surface area contributed by atoms with E-state index in [9.17, 15) is 5.11 Å². The summed E-state index contributed by atoms with van der Waals surface area (Å²) in [5.74, 6) is 1.51. The Balaban J connectivity index is 2.22. The van der Waals surface area contributed by atoms with Gasteiger partial charge < -0.3 is 20.5 Å². The quantitative estimate of drug-likeness (QED) is 0.862. The lowest BCUT2D eigenvalue weighted by Gasteiger charge is -2.42. The van der Waals surface area contributed by atoms with E-state index in [0.717, 1.165) is 38.2 Å². The van der Waals surface area contributed by atoms with Crippen molar-refractivity contribution in [3.05, 3.63) is 6.07 Å². The van der Waals surface area contributed by atoms with Crippen molar-refractivity contribution in [3.8, 4) is 5.88 Å². The van der Waals surface area contributed by atoms with Gasteiger partial charge in [-0.1, -0.05) is 6.92 Å². The van der Waals surface area contributed by atoms with E-state index in [-0.39, 0.29) is 24.1 Å². The normalized spacial score (nSPS) is 22.6. The van der Waals surface area contributed by atoms with E-state index in [1.54, 1.807) is 0 Å². The van der Waals surface area contributed by atoms with Crippen LogP contribution in [-0.4, -0.2) is 40.9 Å². The molecule has 0 bridgehead atoms. The van der Waals surface area contributed by atoms with Crippen molar-refractivity contribution in [2.45, 2.75) is 46.1 Å². The molecule has 21 heavy (non-hydrogen) atoms. The molecular formula is C15H26N4O2. The van der Waals surface area contributed by atoms with E-state index in [1.165, 1.54) is 0 Å². The first-order valence-electron chi connectivity index (χ1n) is 7.65. The molecule has 1 aliphatic rings. The molecule has 0 spiro atoms. The van der Waals surface area contributed by atoms with Gasteiger partial charge in [0, 0.05) is 24.6 Å². The first-order chi connectivity index (χ1) is 9.98. The van der Waals surface area contributed by atoms with Crippen LogP contribution in [0.5, 0.6) is 5.88 Å². The Hall–Kier alpha value is -1.56. The third-order valence-corrected chi connectivity index (χ3v) is 4.13. The van der Waals surface area contributed by atoms with Crippen LogP contribution < -0.4 is 15.4 Å². The number of aliphatic hydroxyl groups is 1. The van der Waals surface area contributed by atoms with E-state index in [1.807, 2.05) is 19.9 Å². The van der Waals surface area contributed by atoms with Crippen LogP contribution in [-0.2, 0) is 0 Å². The number of anilines is 2. The molecule has 1 aliphatic heterocycles. The molecule has 6 heteroatoms. The van der Waals surface area contributed by atoms with Crippen molar-refractivity contribution in [2.75, 3.05) is 30.3 Å². The number of nitrogens with zero attached hydrogens (tertiary/aromatic N) is 3. The Labute approximate surface area is 126 Å². The van der Waals surface area contributed by atoms with Crippen molar-refractivity contribution in [1.82, 2.24) is 9.97 Å². The van der Waals surface area contributed by atoms with E-state index in [0.29, 0.717) is 5.88 Å². The fourth-order valence-corrected chi connectivity index (χ4v) is 2.83. The van der Waals surface area contributed by atoms with Crippen molar-refractivity contribution in [3.63, 3.8) is 0 Å². The lowest BCUT2D eigenvalue weighted by atomic mass is 9.78. The van der Waals surface area contributed by atoms with E-state index >= 15 is 0 Å². The number of hydrogen-bond acceptors (Lipinski definition) is 6. The molecule has 6 nitrogen and oxygen atoms in total. The third kappa shape index (κ3) is 3.75. The fraction of sp³-hybridized carbons (Fsp3) is 0.733. The van der Waals surface area contributed by atoms with Crippen molar-refractivity contribution in [1.29, 1.82) is 0 Å². The minimum absolute atomic E-state index is 0.0423. The number of ether oxygens (including phenoxy) is 1. The Morgan fingerprint density at radius 1 is 1.48 bits per heavy atom. The molecule has 1 saturated heterocycles. The average Bonchev–Trinajstić information content (AvgIpc) is 2.46. The maximum Gasteiger partial charge on any atom is 0.225 e. The molecule has 118 valence electrons. The number of aromatic nitrogens is 2. The number of rotatable bonds is 5. The third-order valence-electron chi connectivity index (χ3n) is 4.13. The highest BCUT2D eigenvalue weighted by Crippen LogP contribution is 2.35. The van der Waals surface area contributed by atoms with Crippen LogP contribution in [0.1, 0.15) is 40.0 Å². The number of hydrogen-bond donors (Lipinski definition) is 2. The largest absolute Gasteiger partial charge is 0.475 e. The van der Waals surface area contributed by atoms with E-state index < -0.39 is 0 Å². The molecule has 1 atom stereocenters. The zero-order chi connectivity index (χ0) is 15.5. The molecule has 2 heterocycles. The van der Waals surface area contributed by atoms with Crippen LogP contribution in [0.4, 0.5) is 11.8 Å². The van der Waals surface area contributed by atoms with Crippen molar-refractivity contribution >= 4 is 11.8 Å². The van der Waals surface area contributed by atoms with Crippen LogP contribution in [0, 0.1) is 5.41 Å². The number of aliphatic hydroxyl groups excluding tert-OH is 1. The zero-order valence-electron chi connectivity index (χ0n) is 13.2. The highest BCUT2D eigenvalue weighted by molar-refractivity contribution is 5.46. The molecule has 2 rings (SSSR count). The Morgan fingerprint density at radius 2 is 2.24 bits per heavy atom. The predicted molar refractivity (Wildman–Crippen MR) is 83.5 cm³/mol. The summed E-state index contributed by atoms with van der Waals surface area (Å²) in [5, 5.41) is 9.73. The SMILES string of the molecule is CC[C@]1(CO)CCCN(c2cc(OC(C)C)nc(N)n2)C1. The summed E-state index contributed by atoms with van der Waals surface area (Å²) in [6, 6.07) is 1.83. The van der Waals surface area contributed by atoms with Crippen molar-refractivity contribution < 1.29 is 9.84 Å². The molecule has 0 aromatic carbocycles. The molecule has 0 unspecified atom stereocenters. The van der Waals surface area contributed by atoms with Gasteiger partial charge in [0.15, 0.2) is 0 Å². The van der Waals surface area contributed by atoms with Gasteiger partial charge in [-0.3, -0.25) is 0 Å². The maximum absolute atomic E-state index is 9.73. The lowest BCUT2D eigenvalue weighted by molar-refractivity contribution is 0.101. The van der Waals surface area contributed by atoms with Gasteiger partial charge in [-0.15, -0.1) is 0 Å². The predicted octanol–water partition coefficient (Wildman–Crippen LogP) is 1.83. The van der Waals surface area contributed by atoms with E-state index in [2.05, 4.69) is 21.8 Å². The number of piperidine rings is 1. The molecule has 1 fully saturated rings. The summed E-state index contributed by atoms with van der Waals surface area (Å²) >= 11 is 0. The molecule has 1 aromatic rings. The average molecular weight is 294 g/mol. The van der Waals surface area contributed by atoms with Gasteiger partial charge in [0.25, 0.3) is 0 Å². The topological polar surface area (TPSA) is 84.5 Å². The van der Waals surface area contributed by atoms with Gasteiger partial charge in [0.05, 0.1) is 12.7 Å². The van der Waals surface area contributed by atoms with Gasteiger partial charge >= 0.3 is 0 Å². The smallest absolute Gasteiger partial charge is 0.225 e. The minimum atomic E-state index is -0.0446. The summed E-state index contributed by atoms with van der Waals surface area (Å²) in [4.78, 5) is 10.6. The number of nitrogen functional groups attached to an aromatic ring is 1. The maximum atomic E-state index is 9.73. The molecular weight excluding hydrogens is 268 g/mol. The molecule has 0 radical (unpaired) electrons. The van der Waals surface area contributed by atoms with Gasteiger partial charge in [-0.2, -0.15) is 9.97 Å². The van der Waals surface area contributed by atoms with Crippen LogP contribution in [0.3, 0.4) is 0 Å². The van der Waals surface area contributed by atoms with Crippen LogP contribution in [0.25, 0.3) is 0 Å². The van der Waals surface area contributed by atoms with Gasteiger partial charge in [0.2, 0.25) is 11.8 Å². The summed E-state index contributed by atoms with van der Waals surface area (Å²) in [6.45, 7) is 7.94. The number of nitrogens with two attached hydrogens (primary N) is 1. The zero-order valence-corrected chi connectivity index (χ0v) is 13.2. The summed E-state index contributed by atoms with van der Waals surface area (Å²) in [6.07, 6.45) is 3.08. The van der Waals surface area contributed by atoms with Crippen LogP contribution in [0.2, 0.25) is 0 Å². The van der Waals surface area contributed by atoms with Gasteiger partial charge in [-0.25, -0.2) is 0 Å².